The fourth-order valence-corrected chi connectivity index (χ4v) is 3.17. The summed E-state index contributed by atoms with van der Waals surface area (Å²) in [5.41, 5.74) is 4.37. The molecule has 2 aromatic rings. The Morgan fingerprint density at radius 3 is 2.76 bits per heavy atom. The smallest absolute Gasteiger partial charge is 0.224 e. The van der Waals surface area contributed by atoms with Crippen LogP contribution in [-0.2, 0) is 22.4 Å². The van der Waals surface area contributed by atoms with Crippen molar-refractivity contribution in [3.05, 3.63) is 65.2 Å². The molecule has 0 spiro atoms. The van der Waals surface area contributed by atoms with Crippen LogP contribution in [0.1, 0.15) is 48.9 Å². The van der Waals surface area contributed by atoms with Crippen LogP contribution in [0.5, 0.6) is 0 Å². The van der Waals surface area contributed by atoms with Crippen LogP contribution >= 0.6 is 0 Å². The van der Waals surface area contributed by atoms with Gasteiger partial charge < -0.3 is 10.6 Å². The second-order valence-corrected chi connectivity index (χ2v) is 6.59. The quantitative estimate of drug-likeness (QED) is 0.843. The molecule has 0 aromatic heterocycles. The Bertz CT molecular complexity index is 756. The van der Waals surface area contributed by atoms with E-state index in [2.05, 4.69) is 28.8 Å². The summed E-state index contributed by atoms with van der Waals surface area (Å²) in [6.45, 7) is 2.00. The molecule has 4 heteroatoms. The Balaban J connectivity index is 1.50. The zero-order valence-electron chi connectivity index (χ0n) is 14.5. The van der Waals surface area contributed by atoms with E-state index in [0.717, 1.165) is 36.1 Å². The summed E-state index contributed by atoms with van der Waals surface area (Å²) >= 11 is 0. The molecule has 1 heterocycles. The largest absolute Gasteiger partial charge is 0.350 e. The van der Waals surface area contributed by atoms with Crippen molar-refractivity contribution in [2.45, 2.75) is 45.1 Å². The lowest BCUT2D eigenvalue weighted by Gasteiger charge is -2.20. The first-order chi connectivity index (χ1) is 12.1. The zero-order valence-corrected chi connectivity index (χ0v) is 14.5. The number of hydrogen-bond acceptors (Lipinski definition) is 2. The highest BCUT2D eigenvalue weighted by atomic mass is 16.2. The van der Waals surface area contributed by atoms with Crippen molar-refractivity contribution in [3.63, 3.8) is 0 Å². The van der Waals surface area contributed by atoms with Crippen LogP contribution in [0.25, 0.3) is 0 Å². The SMILES string of the molecule is CC(NC(=O)CCCc1ccccc1)c1ccc2c(c1)CCC(=O)N2. The lowest BCUT2D eigenvalue weighted by Crippen LogP contribution is -2.27. The number of aryl methyl sites for hydroxylation is 2. The van der Waals surface area contributed by atoms with Crippen molar-refractivity contribution in [1.29, 1.82) is 0 Å². The minimum Gasteiger partial charge on any atom is -0.350 e. The summed E-state index contributed by atoms with van der Waals surface area (Å²) in [6, 6.07) is 16.2. The molecule has 0 saturated carbocycles. The molecule has 0 radical (unpaired) electrons. The van der Waals surface area contributed by atoms with Gasteiger partial charge >= 0.3 is 0 Å². The summed E-state index contributed by atoms with van der Waals surface area (Å²) in [7, 11) is 0. The van der Waals surface area contributed by atoms with Crippen LogP contribution in [0.15, 0.2) is 48.5 Å². The van der Waals surface area contributed by atoms with E-state index >= 15 is 0 Å². The van der Waals surface area contributed by atoms with Gasteiger partial charge in [-0.1, -0.05) is 42.5 Å². The van der Waals surface area contributed by atoms with Crippen LogP contribution in [-0.4, -0.2) is 11.8 Å². The van der Waals surface area contributed by atoms with Gasteiger partial charge in [0.15, 0.2) is 0 Å². The molecule has 1 aliphatic heterocycles. The molecule has 2 amide bonds. The van der Waals surface area contributed by atoms with E-state index in [9.17, 15) is 9.59 Å². The summed E-state index contributed by atoms with van der Waals surface area (Å²) in [4.78, 5) is 23.6. The van der Waals surface area contributed by atoms with Crippen molar-refractivity contribution in [2.75, 3.05) is 5.32 Å². The Kier molecular flexibility index (Phi) is 5.49. The topological polar surface area (TPSA) is 58.2 Å². The van der Waals surface area contributed by atoms with E-state index in [1.165, 1.54) is 5.56 Å². The van der Waals surface area contributed by atoms with E-state index in [4.69, 9.17) is 0 Å². The molecule has 25 heavy (non-hydrogen) atoms. The van der Waals surface area contributed by atoms with Crippen molar-refractivity contribution < 1.29 is 9.59 Å². The van der Waals surface area contributed by atoms with Gasteiger partial charge in [-0.2, -0.15) is 0 Å². The molecule has 2 aromatic carbocycles. The summed E-state index contributed by atoms with van der Waals surface area (Å²) < 4.78 is 0. The Morgan fingerprint density at radius 2 is 1.96 bits per heavy atom. The first-order valence-electron chi connectivity index (χ1n) is 8.88. The van der Waals surface area contributed by atoms with Crippen LogP contribution in [0.2, 0.25) is 0 Å². The lowest BCUT2D eigenvalue weighted by molar-refractivity contribution is -0.121. The number of fused-ring (bicyclic) bond motifs is 1. The van der Waals surface area contributed by atoms with E-state index in [1.807, 2.05) is 37.3 Å². The third kappa shape index (κ3) is 4.69. The van der Waals surface area contributed by atoms with Gasteiger partial charge in [0.2, 0.25) is 11.8 Å². The monoisotopic (exact) mass is 336 g/mol. The van der Waals surface area contributed by atoms with Crippen LogP contribution in [0, 0.1) is 0 Å². The van der Waals surface area contributed by atoms with Gasteiger partial charge in [-0.3, -0.25) is 9.59 Å². The van der Waals surface area contributed by atoms with Crippen molar-refractivity contribution in [1.82, 2.24) is 5.32 Å². The van der Waals surface area contributed by atoms with Gasteiger partial charge in [-0.15, -0.1) is 0 Å². The minimum absolute atomic E-state index is 0.0350. The Hall–Kier alpha value is -2.62. The second kappa shape index (κ2) is 7.97. The second-order valence-electron chi connectivity index (χ2n) is 6.59. The highest BCUT2D eigenvalue weighted by Gasteiger charge is 2.17. The number of amides is 2. The first-order valence-corrected chi connectivity index (χ1v) is 8.88. The van der Waals surface area contributed by atoms with Crippen molar-refractivity contribution in [2.24, 2.45) is 0 Å². The highest BCUT2D eigenvalue weighted by molar-refractivity contribution is 5.93. The van der Waals surface area contributed by atoms with Crippen LogP contribution in [0.3, 0.4) is 0 Å². The average Bonchev–Trinajstić information content (AvgIpc) is 2.62. The molecule has 0 aliphatic carbocycles. The van der Waals surface area contributed by atoms with Crippen molar-refractivity contribution in [3.8, 4) is 0 Å². The van der Waals surface area contributed by atoms with Gasteiger partial charge in [0, 0.05) is 18.5 Å². The summed E-state index contributed by atoms with van der Waals surface area (Å²) in [5, 5.41) is 5.96. The van der Waals surface area contributed by atoms with Crippen LogP contribution in [0.4, 0.5) is 5.69 Å². The van der Waals surface area contributed by atoms with E-state index in [0.29, 0.717) is 12.8 Å². The van der Waals surface area contributed by atoms with Gasteiger partial charge in [-0.25, -0.2) is 0 Å². The molecule has 1 atom stereocenters. The summed E-state index contributed by atoms with van der Waals surface area (Å²) in [6.07, 6.45) is 3.57. The minimum atomic E-state index is -0.0350. The molecule has 130 valence electrons. The highest BCUT2D eigenvalue weighted by Crippen LogP contribution is 2.26. The number of benzene rings is 2. The maximum absolute atomic E-state index is 12.2. The molecule has 1 unspecified atom stereocenters. The fourth-order valence-electron chi connectivity index (χ4n) is 3.17. The molecule has 0 saturated heterocycles. The van der Waals surface area contributed by atoms with Gasteiger partial charge in [-0.05, 0) is 48.9 Å². The number of carbonyl (C=O) groups is 2. The maximum Gasteiger partial charge on any atom is 0.224 e. The molecule has 1 aliphatic rings. The normalized spacial score (nSPS) is 14.4. The zero-order chi connectivity index (χ0) is 17.6. The number of rotatable bonds is 6. The van der Waals surface area contributed by atoms with E-state index in [1.54, 1.807) is 0 Å². The third-order valence-corrected chi connectivity index (χ3v) is 4.61. The number of nitrogens with one attached hydrogen (secondary N) is 2. The molecule has 2 N–H and O–H groups in total. The average molecular weight is 336 g/mol. The number of carbonyl (C=O) groups excluding carboxylic acids is 2. The molecule has 3 rings (SSSR count). The molecule has 4 nitrogen and oxygen atoms in total. The third-order valence-electron chi connectivity index (χ3n) is 4.61. The predicted octanol–water partition coefficient (Wildman–Crippen LogP) is 3.77. The van der Waals surface area contributed by atoms with Crippen molar-refractivity contribution >= 4 is 17.5 Å². The van der Waals surface area contributed by atoms with Gasteiger partial charge in [0.25, 0.3) is 0 Å². The fraction of sp³-hybridized carbons (Fsp3) is 0.333. The first kappa shape index (κ1) is 17.2. The maximum atomic E-state index is 12.2. The Labute approximate surface area is 148 Å². The molecule has 0 fully saturated rings. The lowest BCUT2D eigenvalue weighted by atomic mass is 9.97. The molecule has 0 bridgehead atoms. The van der Waals surface area contributed by atoms with Gasteiger partial charge in [0.1, 0.15) is 0 Å². The van der Waals surface area contributed by atoms with E-state index in [-0.39, 0.29) is 17.9 Å². The molecular weight excluding hydrogens is 312 g/mol. The van der Waals surface area contributed by atoms with E-state index < -0.39 is 0 Å². The predicted molar refractivity (Wildman–Crippen MR) is 99.3 cm³/mol. The van der Waals surface area contributed by atoms with Gasteiger partial charge in [0.05, 0.1) is 6.04 Å². The Morgan fingerprint density at radius 1 is 1.16 bits per heavy atom. The van der Waals surface area contributed by atoms with Crippen LogP contribution < -0.4 is 10.6 Å². The number of anilines is 1. The number of hydrogen-bond donors (Lipinski definition) is 2. The standard InChI is InChI=1S/C21H24N2O2/c1-15(17-10-12-19-18(14-17)11-13-21(25)23-19)22-20(24)9-5-8-16-6-3-2-4-7-16/h2-4,6-7,10,12,14-15H,5,8-9,11,13H2,1H3,(H,22,24)(H,23,25). The molecular formula is C21H24N2O2. The summed E-state index contributed by atoms with van der Waals surface area (Å²) in [5.74, 6) is 0.148.